The molecule has 1 atom stereocenters. The molecule has 3 heterocycles. The van der Waals surface area contributed by atoms with Gasteiger partial charge in [-0.05, 0) is 42.6 Å². The lowest BCUT2D eigenvalue weighted by atomic mass is 10.0. The number of thiocarbonyl (C=S) groups is 1. The minimum absolute atomic E-state index is 0.140. The molecule has 0 saturated carbocycles. The van der Waals surface area contributed by atoms with Crippen LogP contribution in [0.1, 0.15) is 31.0 Å². The van der Waals surface area contributed by atoms with Crippen LogP contribution < -0.4 is 15.5 Å². The minimum atomic E-state index is -4.57. The van der Waals surface area contributed by atoms with E-state index in [0.717, 1.165) is 24.5 Å². The number of rotatable bonds is 4. The van der Waals surface area contributed by atoms with Gasteiger partial charge in [-0.3, -0.25) is 4.98 Å². The van der Waals surface area contributed by atoms with Crippen LogP contribution in [0.4, 0.5) is 24.9 Å². The monoisotopic (exact) mass is 410 g/mol. The Kier molecular flexibility index (Phi) is 6.28. The van der Waals surface area contributed by atoms with Crippen molar-refractivity contribution in [2.75, 3.05) is 23.3 Å². The molecule has 2 aromatic heterocycles. The Labute approximate surface area is 166 Å². The summed E-state index contributed by atoms with van der Waals surface area (Å²) in [6, 6.07) is 4.64. The van der Waals surface area contributed by atoms with Crippen molar-refractivity contribution in [3.05, 3.63) is 41.9 Å². The second kappa shape index (κ2) is 8.68. The van der Waals surface area contributed by atoms with Gasteiger partial charge in [-0.2, -0.15) is 18.2 Å². The summed E-state index contributed by atoms with van der Waals surface area (Å²) in [5.74, 6) is 0.481. The van der Waals surface area contributed by atoms with Crippen LogP contribution >= 0.6 is 12.2 Å². The summed E-state index contributed by atoms with van der Waals surface area (Å²) in [4.78, 5) is 13.7. The van der Waals surface area contributed by atoms with Gasteiger partial charge in [0.25, 0.3) is 0 Å². The van der Waals surface area contributed by atoms with E-state index in [0.29, 0.717) is 25.6 Å². The molecule has 28 heavy (non-hydrogen) atoms. The zero-order chi connectivity index (χ0) is 20.1. The molecule has 150 valence electrons. The zero-order valence-corrected chi connectivity index (χ0v) is 16.1. The van der Waals surface area contributed by atoms with E-state index >= 15 is 0 Å². The molecule has 0 aromatic carbocycles. The predicted octanol–water partition coefficient (Wildman–Crippen LogP) is 3.61. The number of hydrogen-bond donors (Lipinski definition) is 2. The molecule has 0 unspecified atom stereocenters. The molecule has 2 aromatic rings. The Hall–Kier alpha value is -2.49. The number of halogens is 3. The molecule has 1 aliphatic rings. The standard InChI is InChI=1S/C18H21F3N6S/c1-12-4-3-7-27(11-12)15-8-14(18(19,20)21)24-16(25-15)26-17(28)23-10-13-5-2-6-22-9-13/h2,5-6,8-9,12H,3-4,7,10-11H2,1H3,(H2,23,24,25,26,28)/t12-/m1/s1. The molecule has 1 aliphatic heterocycles. The maximum Gasteiger partial charge on any atom is 0.433 e. The van der Waals surface area contributed by atoms with E-state index in [2.05, 4.69) is 32.5 Å². The molecule has 1 saturated heterocycles. The summed E-state index contributed by atoms with van der Waals surface area (Å²) in [5.41, 5.74) is -0.104. The van der Waals surface area contributed by atoms with Crippen molar-refractivity contribution in [3.63, 3.8) is 0 Å². The summed E-state index contributed by atoms with van der Waals surface area (Å²) < 4.78 is 39.9. The number of aromatic nitrogens is 3. The third-order valence-corrected chi connectivity index (χ3v) is 4.63. The third kappa shape index (κ3) is 5.51. The highest BCUT2D eigenvalue weighted by molar-refractivity contribution is 7.80. The van der Waals surface area contributed by atoms with Crippen LogP contribution in [0.3, 0.4) is 0 Å². The van der Waals surface area contributed by atoms with Gasteiger partial charge in [-0.25, -0.2) is 4.98 Å². The van der Waals surface area contributed by atoms with Gasteiger partial charge >= 0.3 is 6.18 Å². The molecule has 1 fully saturated rings. The van der Waals surface area contributed by atoms with Gasteiger partial charge in [-0.15, -0.1) is 0 Å². The number of piperidine rings is 1. The zero-order valence-electron chi connectivity index (χ0n) is 15.3. The molecule has 0 amide bonds. The van der Waals surface area contributed by atoms with Crippen molar-refractivity contribution in [1.82, 2.24) is 20.3 Å². The number of pyridine rings is 1. The van der Waals surface area contributed by atoms with E-state index in [1.54, 1.807) is 18.5 Å². The fourth-order valence-corrected chi connectivity index (χ4v) is 3.19. The molecular weight excluding hydrogens is 389 g/mol. The highest BCUT2D eigenvalue weighted by Gasteiger charge is 2.34. The van der Waals surface area contributed by atoms with E-state index in [-0.39, 0.29) is 16.9 Å². The molecule has 0 aliphatic carbocycles. The Bertz CT molecular complexity index is 815. The van der Waals surface area contributed by atoms with Crippen molar-refractivity contribution in [2.24, 2.45) is 5.92 Å². The predicted molar refractivity (Wildman–Crippen MR) is 105 cm³/mol. The summed E-state index contributed by atoms with van der Waals surface area (Å²) in [7, 11) is 0. The number of nitrogens with one attached hydrogen (secondary N) is 2. The van der Waals surface area contributed by atoms with Gasteiger partial charge < -0.3 is 15.5 Å². The van der Waals surface area contributed by atoms with Crippen molar-refractivity contribution in [2.45, 2.75) is 32.5 Å². The molecule has 0 spiro atoms. The molecule has 3 rings (SSSR count). The van der Waals surface area contributed by atoms with Gasteiger partial charge in [-0.1, -0.05) is 13.0 Å². The Morgan fingerprint density at radius 2 is 2.18 bits per heavy atom. The quantitative estimate of drug-likeness (QED) is 0.747. The van der Waals surface area contributed by atoms with Crippen LogP contribution in [-0.4, -0.2) is 33.2 Å². The van der Waals surface area contributed by atoms with E-state index in [9.17, 15) is 13.2 Å². The average Bonchev–Trinajstić information content (AvgIpc) is 2.66. The highest BCUT2D eigenvalue weighted by Crippen LogP contribution is 2.31. The molecule has 0 radical (unpaired) electrons. The largest absolute Gasteiger partial charge is 0.433 e. The van der Waals surface area contributed by atoms with Gasteiger partial charge in [0.05, 0.1) is 0 Å². The lowest BCUT2D eigenvalue weighted by Gasteiger charge is -2.32. The highest BCUT2D eigenvalue weighted by atomic mass is 32.1. The Morgan fingerprint density at radius 3 is 2.86 bits per heavy atom. The summed E-state index contributed by atoms with van der Waals surface area (Å²) >= 11 is 5.17. The normalized spacial score (nSPS) is 17.3. The molecular formula is C18H21F3N6S. The van der Waals surface area contributed by atoms with Gasteiger partial charge in [0.2, 0.25) is 5.95 Å². The topological polar surface area (TPSA) is 66.0 Å². The summed E-state index contributed by atoms with van der Waals surface area (Å²) in [5, 5.41) is 5.72. The maximum absolute atomic E-state index is 13.3. The van der Waals surface area contributed by atoms with E-state index in [4.69, 9.17) is 12.2 Å². The molecule has 6 nitrogen and oxygen atoms in total. The van der Waals surface area contributed by atoms with Gasteiger partial charge in [0.15, 0.2) is 10.8 Å². The second-order valence-corrected chi connectivity index (χ2v) is 7.20. The first-order valence-corrected chi connectivity index (χ1v) is 9.37. The van der Waals surface area contributed by atoms with E-state index < -0.39 is 11.9 Å². The molecule has 0 bridgehead atoms. The van der Waals surface area contributed by atoms with Gasteiger partial charge in [0.1, 0.15) is 5.82 Å². The number of anilines is 2. The SMILES string of the molecule is C[C@@H]1CCCN(c2cc(C(F)(F)F)nc(NC(=S)NCc3cccnc3)n2)C1. The molecule has 10 heteroatoms. The van der Waals surface area contributed by atoms with Crippen LogP contribution in [-0.2, 0) is 12.7 Å². The first-order valence-electron chi connectivity index (χ1n) is 8.96. The first kappa shape index (κ1) is 20.2. The lowest BCUT2D eigenvalue weighted by Crippen LogP contribution is -2.35. The van der Waals surface area contributed by atoms with Crippen LogP contribution in [0.15, 0.2) is 30.6 Å². The van der Waals surface area contributed by atoms with E-state index in [1.807, 2.05) is 11.0 Å². The lowest BCUT2D eigenvalue weighted by molar-refractivity contribution is -0.141. The Balaban J connectivity index is 1.75. The fourth-order valence-electron chi connectivity index (χ4n) is 3.03. The summed E-state index contributed by atoms with van der Waals surface area (Å²) in [6.45, 7) is 3.79. The van der Waals surface area contributed by atoms with Crippen molar-refractivity contribution in [3.8, 4) is 0 Å². The number of hydrogen-bond acceptors (Lipinski definition) is 5. The van der Waals surface area contributed by atoms with Crippen LogP contribution in [0, 0.1) is 5.92 Å². The smallest absolute Gasteiger partial charge is 0.358 e. The molecule has 2 N–H and O–H groups in total. The van der Waals surface area contributed by atoms with Crippen molar-refractivity contribution < 1.29 is 13.2 Å². The third-order valence-electron chi connectivity index (χ3n) is 4.39. The Morgan fingerprint density at radius 1 is 1.36 bits per heavy atom. The average molecular weight is 410 g/mol. The van der Waals surface area contributed by atoms with Crippen molar-refractivity contribution in [1.29, 1.82) is 0 Å². The van der Waals surface area contributed by atoms with E-state index in [1.165, 1.54) is 0 Å². The summed E-state index contributed by atoms with van der Waals surface area (Å²) in [6.07, 6.45) is 0.730. The van der Waals surface area contributed by atoms with Crippen LogP contribution in [0.2, 0.25) is 0 Å². The van der Waals surface area contributed by atoms with Crippen LogP contribution in [0.25, 0.3) is 0 Å². The second-order valence-electron chi connectivity index (χ2n) is 6.80. The number of alkyl halides is 3. The van der Waals surface area contributed by atoms with Gasteiger partial charge in [0, 0.05) is 38.1 Å². The van der Waals surface area contributed by atoms with Crippen molar-refractivity contribution >= 4 is 29.1 Å². The van der Waals surface area contributed by atoms with Crippen LogP contribution in [0.5, 0.6) is 0 Å². The minimum Gasteiger partial charge on any atom is -0.358 e. The first-order chi connectivity index (χ1) is 13.3. The maximum atomic E-state index is 13.3. The fraction of sp³-hybridized carbons (Fsp3) is 0.444. The number of nitrogens with zero attached hydrogens (tertiary/aromatic N) is 4.